The number of phosphoric acid groups is 1. The van der Waals surface area contributed by atoms with Crippen LogP contribution >= 0.6 is 7.82 Å². The van der Waals surface area contributed by atoms with Crippen molar-refractivity contribution in [2.24, 2.45) is 0 Å². The lowest BCUT2D eigenvalue weighted by Gasteiger charge is -2.37. The zero-order valence-corrected chi connectivity index (χ0v) is 28.7. The third kappa shape index (κ3) is 10.6. The van der Waals surface area contributed by atoms with Gasteiger partial charge in [0.1, 0.15) is 0 Å². The number of alkyl halides is 10. The Hall–Kier alpha value is -0.810. The van der Waals surface area contributed by atoms with E-state index in [9.17, 15) is 70.2 Å². The van der Waals surface area contributed by atoms with Crippen molar-refractivity contribution < 1.29 is 79.2 Å². The molecule has 0 radical (unpaired) electrons. The van der Waals surface area contributed by atoms with Gasteiger partial charge in [-0.3, -0.25) is 9.05 Å². The Balaban J connectivity index is 0.0000115. The van der Waals surface area contributed by atoms with Crippen LogP contribution in [0.25, 0.3) is 0 Å². The van der Waals surface area contributed by atoms with Crippen LogP contribution < -0.4 is 6.15 Å². The van der Waals surface area contributed by atoms with Crippen LogP contribution in [0.2, 0.25) is 0 Å². The molecule has 0 aliphatic heterocycles. The van der Waals surface area contributed by atoms with Gasteiger partial charge in [0.2, 0.25) is 20.0 Å². The van der Waals surface area contributed by atoms with Gasteiger partial charge in [-0.15, -0.1) is 0 Å². The fourth-order valence-electron chi connectivity index (χ4n) is 5.48. The molecule has 288 valence electrons. The van der Waals surface area contributed by atoms with Gasteiger partial charge < -0.3 is 11.0 Å². The highest BCUT2D eigenvalue weighted by Crippen LogP contribution is 2.54. The Labute approximate surface area is 273 Å². The van der Waals surface area contributed by atoms with Crippen molar-refractivity contribution in [1.29, 1.82) is 0 Å². The van der Waals surface area contributed by atoms with E-state index in [2.05, 4.69) is 9.05 Å². The van der Waals surface area contributed by atoms with Crippen molar-refractivity contribution in [1.82, 2.24) is 14.8 Å². The van der Waals surface area contributed by atoms with Crippen LogP contribution in [-0.4, -0.2) is 103 Å². The predicted molar refractivity (Wildman–Crippen MR) is 153 cm³/mol. The normalized spacial score (nSPS) is 21.1. The molecule has 0 spiro atoms. The number of nitrogens with zero attached hydrogens (tertiary/aromatic N) is 2. The predicted octanol–water partition coefficient (Wildman–Crippen LogP) is 6.38. The van der Waals surface area contributed by atoms with Crippen LogP contribution in [-0.2, 0) is 33.7 Å². The summed E-state index contributed by atoms with van der Waals surface area (Å²) in [7, 11) is -16.1. The summed E-state index contributed by atoms with van der Waals surface area (Å²) in [4.78, 5) is 10.2. The van der Waals surface area contributed by atoms with Crippen LogP contribution in [0.15, 0.2) is 0 Å². The average molecular weight is 786 g/mol. The van der Waals surface area contributed by atoms with Crippen molar-refractivity contribution in [2.45, 2.75) is 125 Å². The molecule has 0 aromatic heterocycles. The van der Waals surface area contributed by atoms with Crippen LogP contribution in [0.3, 0.4) is 0 Å². The Morgan fingerprint density at radius 2 is 0.917 bits per heavy atom. The first-order valence-electron chi connectivity index (χ1n) is 14.8. The molecular weight excluding hydrogens is 743 g/mol. The Morgan fingerprint density at radius 3 is 1.15 bits per heavy atom. The molecule has 0 aromatic rings. The van der Waals surface area contributed by atoms with Gasteiger partial charge in [-0.25, -0.2) is 21.4 Å². The van der Waals surface area contributed by atoms with Gasteiger partial charge in [0.05, 0.1) is 10.5 Å². The maximum Gasteiger partial charge on any atom is 0.473 e. The summed E-state index contributed by atoms with van der Waals surface area (Å²) in [5, 5.41) is -2.45. The van der Waals surface area contributed by atoms with E-state index in [4.69, 9.17) is 0 Å². The van der Waals surface area contributed by atoms with E-state index in [0.29, 0.717) is 38.5 Å². The molecular formula is C24H42F10N3O8PS2. The van der Waals surface area contributed by atoms with Crippen LogP contribution in [0.4, 0.5) is 43.9 Å². The van der Waals surface area contributed by atoms with Crippen molar-refractivity contribution in [3.05, 3.63) is 0 Å². The number of halogens is 10. The van der Waals surface area contributed by atoms with Gasteiger partial charge in [-0.1, -0.05) is 52.4 Å². The van der Waals surface area contributed by atoms with Gasteiger partial charge in [0.15, 0.2) is 12.2 Å². The van der Waals surface area contributed by atoms with E-state index in [1.807, 2.05) is 0 Å². The minimum absolute atomic E-state index is 0. The van der Waals surface area contributed by atoms with E-state index in [0.717, 1.165) is 13.8 Å². The van der Waals surface area contributed by atoms with Crippen molar-refractivity contribution in [3.8, 4) is 0 Å². The van der Waals surface area contributed by atoms with Gasteiger partial charge in [-0.05, 0) is 25.7 Å². The molecule has 2 saturated carbocycles. The third-order valence-corrected chi connectivity index (χ3v) is 14.1. The molecule has 2 rings (SSSR count). The monoisotopic (exact) mass is 785 g/mol. The summed E-state index contributed by atoms with van der Waals surface area (Å²) in [5.41, 5.74) is 0. The van der Waals surface area contributed by atoms with Crippen molar-refractivity contribution >= 4 is 27.9 Å². The zero-order valence-electron chi connectivity index (χ0n) is 26.2. The lowest BCUT2D eigenvalue weighted by molar-refractivity contribution is -0.316. The van der Waals surface area contributed by atoms with Crippen LogP contribution in [0.5, 0.6) is 0 Å². The molecule has 4 N–H and O–H groups in total. The van der Waals surface area contributed by atoms with Crippen LogP contribution in [0.1, 0.15) is 78.1 Å². The van der Waals surface area contributed by atoms with E-state index >= 15 is 0 Å². The Morgan fingerprint density at radius 1 is 0.646 bits per heavy atom. The first-order valence-corrected chi connectivity index (χ1v) is 19.3. The fourth-order valence-corrected chi connectivity index (χ4v) is 10.7. The zero-order chi connectivity index (χ0) is 36.3. The molecule has 2 fully saturated rings. The second-order valence-electron chi connectivity index (χ2n) is 11.4. The molecule has 0 bridgehead atoms. The molecule has 2 atom stereocenters. The third-order valence-electron chi connectivity index (χ3n) is 8.20. The molecule has 11 nitrogen and oxygen atoms in total. The summed E-state index contributed by atoms with van der Waals surface area (Å²) < 4.78 is 213. The standard InChI is InChI=1S/C24H39F10N2O8PS2.H3N/c1-3-35(46(39,40)17-11-7-5-8-12-17)15-19(21(25,26)23(29,30)31)43-45(37,38)44-20(22(27,28)24(32,33)34)16-36(4-2)47(41,42)18-13-9-6-10-14-18;/h17-20H,3-16H2,1-2H3,(H,37,38);1H3. The van der Waals surface area contributed by atoms with Gasteiger partial charge in [0, 0.05) is 26.2 Å². The van der Waals surface area contributed by atoms with Crippen molar-refractivity contribution in [3.63, 3.8) is 0 Å². The first kappa shape index (κ1) is 45.2. The Bertz CT molecular complexity index is 1200. The second kappa shape index (κ2) is 16.7. The lowest BCUT2D eigenvalue weighted by atomic mass is 10.0. The summed E-state index contributed by atoms with van der Waals surface area (Å²) in [5.74, 6) is -12.3. The minimum atomic E-state index is -6.84. The molecule has 24 heteroatoms. The Kier molecular flexibility index (Phi) is 15.7. The number of rotatable bonds is 16. The molecule has 48 heavy (non-hydrogen) atoms. The van der Waals surface area contributed by atoms with E-state index in [1.54, 1.807) is 0 Å². The maximum absolute atomic E-state index is 14.7. The second-order valence-corrected chi connectivity index (χ2v) is 17.2. The van der Waals surface area contributed by atoms with Gasteiger partial charge in [-0.2, -0.15) is 52.5 Å². The number of hydrogen-bond acceptors (Lipinski definition) is 8. The number of hydrogen-bond donors (Lipinski definition) is 2. The molecule has 0 aromatic carbocycles. The highest BCUT2D eigenvalue weighted by Gasteiger charge is 2.67. The van der Waals surface area contributed by atoms with Gasteiger partial charge >= 0.3 is 32.0 Å². The van der Waals surface area contributed by atoms with E-state index in [1.165, 1.54) is 0 Å². The van der Waals surface area contributed by atoms with E-state index < -0.39 is 101 Å². The molecule has 2 aliphatic rings. The quantitative estimate of drug-likeness (QED) is 0.133. The first-order chi connectivity index (χ1) is 21.3. The number of likely N-dealkylation sites (N-methyl/N-ethyl adjacent to an activating group) is 2. The highest BCUT2D eigenvalue weighted by atomic mass is 32.2. The molecule has 0 heterocycles. The summed E-state index contributed by atoms with van der Waals surface area (Å²) >= 11 is 0. The van der Waals surface area contributed by atoms with Crippen molar-refractivity contribution in [2.75, 3.05) is 26.2 Å². The van der Waals surface area contributed by atoms with Gasteiger partial charge in [0.25, 0.3) is 0 Å². The number of sulfonamides is 2. The minimum Gasteiger partial charge on any atom is -0.344 e. The molecule has 0 saturated heterocycles. The SMILES string of the molecule is CCN(CC(OP(=O)(O)OC(CN(CC)S(=O)(=O)C1CCCCC1)C(F)(F)C(F)(F)F)C(F)(F)C(F)(F)F)S(=O)(=O)C1CCCCC1.N. The fraction of sp³-hybridized carbons (Fsp3) is 1.00. The molecule has 2 aliphatic carbocycles. The molecule has 0 amide bonds. The number of phosphoric ester groups is 1. The summed E-state index contributed by atoms with van der Waals surface area (Å²) in [6.45, 7) is -3.42. The van der Waals surface area contributed by atoms with E-state index in [-0.39, 0.29) is 40.4 Å². The van der Waals surface area contributed by atoms with Crippen LogP contribution in [0, 0.1) is 0 Å². The molecule has 2 unspecified atom stereocenters. The maximum atomic E-state index is 14.7. The largest absolute Gasteiger partial charge is 0.473 e. The topological polar surface area (TPSA) is 166 Å². The highest BCUT2D eigenvalue weighted by molar-refractivity contribution is 7.90. The summed E-state index contributed by atoms with van der Waals surface area (Å²) in [6, 6.07) is 0. The summed E-state index contributed by atoms with van der Waals surface area (Å²) in [6.07, 6.45) is -18.4. The average Bonchev–Trinajstić information content (AvgIpc) is 2.96. The smallest absolute Gasteiger partial charge is 0.344 e. The lowest BCUT2D eigenvalue weighted by Crippen LogP contribution is -2.56.